The van der Waals surface area contributed by atoms with E-state index in [9.17, 15) is 23.1 Å². The number of sulfonamides is 1. The highest BCUT2D eigenvalue weighted by atomic mass is 32.2. The van der Waals surface area contributed by atoms with Gasteiger partial charge in [0, 0.05) is 38.9 Å². The Morgan fingerprint density at radius 2 is 1.51 bits per heavy atom. The molecule has 0 aliphatic rings. The zero-order chi connectivity index (χ0) is 30.7. The van der Waals surface area contributed by atoms with Gasteiger partial charge in [0.25, 0.3) is 0 Å². The molecule has 0 bridgehead atoms. The molecule has 3 N–H and O–H groups in total. The Bertz CT molecular complexity index is 1200. The van der Waals surface area contributed by atoms with Gasteiger partial charge in [-0.25, -0.2) is 8.42 Å². The molecule has 10 heteroatoms. The van der Waals surface area contributed by atoms with E-state index < -0.39 is 21.2 Å². The zero-order valence-corrected chi connectivity index (χ0v) is 26.2. The van der Waals surface area contributed by atoms with Crippen LogP contribution in [0.4, 0.5) is 0 Å². The number of carbonyl (C=O) groups is 2. The molecule has 2 rings (SSSR count). The topological polar surface area (TPSA) is 119 Å². The van der Waals surface area contributed by atoms with Crippen molar-refractivity contribution in [2.24, 2.45) is 11.3 Å². The summed E-state index contributed by atoms with van der Waals surface area (Å²) < 4.78 is 29.0. The lowest BCUT2D eigenvalue weighted by atomic mass is 9.88. The van der Waals surface area contributed by atoms with Gasteiger partial charge in [-0.15, -0.1) is 0 Å². The maximum atomic E-state index is 13.9. The fourth-order valence-corrected chi connectivity index (χ4v) is 6.22. The molecule has 2 aromatic rings. The van der Waals surface area contributed by atoms with Crippen LogP contribution >= 0.6 is 0 Å². The molecule has 1 unspecified atom stereocenters. The first-order valence-corrected chi connectivity index (χ1v) is 15.6. The minimum atomic E-state index is -4.05. The van der Waals surface area contributed by atoms with Gasteiger partial charge in [-0.1, -0.05) is 76.2 Å². The van der Waals surface area contributed by atoms with E-state index in [2.05, 4.69) is 10.6 Å². The number of benzene rings is 2. The van der Waals surface area contributed by atoms with Crippen molar-refractivity contribution in [3.63, 3.8) is 0 Å². The minimum absolute atomic E-state index is 0.00219. The number of carbonyl (C=O) groups excluding carboxylic acids is 2. The third-order valence-electron chi connectivity index (χ3n) is 6.75. The van der Waals surface area contributed by atoms with E-state index in [1.165, 1.54) is 16.4 Å². The lowest BCUT2D eigenvalue weighted by Gasteiger charge is -2.39. The molecule has 2 amide bonds. The van der Waals surface area contributed by atoms with E-state index in [-0.39, 0.29) is 61.5 Å². The van der Waals surface area contributed by atoms with Crippen LogP contribution in [0.5, 0.6) is 0 Å². The summed E-state index contributed by atoms with van der Waals surface area (Å²) >= 11 is 0. The third kappa shape index (κ3) is 11.5. The van der Waals surface area contributed by atoms with Gasteiger partial charge in [-0.2, -0.15) is 4.31 Å². The second kappa shape index (κ2) is 15.4. The summed E-state index contributed by atoms with van der Waals surface area (Å²) in [6.07, 6.45) is 0.782. The number of hydrogen-bond donors (Lipinski definition) is 3. The van der Waals surface area contributed by atoms with Crippen LogP contribution in [0, 0.1) is 11.3 Å². The van der Waals surface area contributed by atoms with Gasteiger partial charge in [0.1, 0.15) is 5.72 Å². The van der Waals surface area contributed by atoms with E-state index in [1.54, 1.807) is 23.1 Å². The largest absolute Gasteiger partial charge is 0.374 e. The lowest BCUT2D eigenvalue weighted by molar-refractivity contribution is -0.125. The summed E-state index contributed by atoms with van der Waals surface area (Å²) in [6.45, 7) is 8.62. The quantitative estimate of drug-likeness (QED) is 0.244. The molecule has 0 aliphatic carbocycles. The zero-order valence-electron chi connectivity index (χ0n) is 25.4. The molecule has 0 saturated heterocycles. The van der Waals surface area contributed by atoms with Gasteiger partial charge in [0.15, 0.2) is 0 Å². The Balaban J connectivity index is 2.23. The number of nitrogens with one attached hydrogen (secondary N) is 2. The van der Waals surface area contributed by atoms with E-state index in [1.807, 2.05) is 72.1 Å². The summed E-state index contributed by atoms with van der Waals surface area (Å²) in [7, 11) is -0.428. The average Bonchev–Trinajstić information content (AvgIpc) is 2.87. The van der Waals surface area contributed by atoms with E-state index in [4.69, 9.17) is 0 Å². The molecule has 0 saturated carbocycles. The van der Waals surface area contributed by atoms with Crippen LogP contribution in [0.2, 0.25) is 0 Å². The van der Waals surface area contributed by atoms with Crippen LogP contribution in [0.25, 0.3) is 0 Å². The van der Waals surface area contributed by atoms with Crippen molar-refractivity contribution in [3.8, 4) is 0 Å². The van der Waals surface area contributed by atoms with Crippen LogP contribution in [0.1, 0.15) is 52.5 Å². The molecule has 0 radical (unpaired) electrons. The summed E-state index contributed by atoms with van der Waals surface area (Å²) in [5, 5.41) is 17.9. The van der Waals surface area contributed by atoms with Crippen molar-refractivity contribution in [3.05, 3.63) is 66.2 Å². The highest BCUT2D eigenvalue weighted by molar-refractivity contribution is 7.89. The van der Waals surface area contributed by atoms with Crippen LogP contribution < -0.4 is 10.6 Å². The second-order valence-corrected chi connectivity index (χ2v) is 14.0. The van der Waals surface area contributed by atoms with Gasteiger partial charge in [0.05, 0.1) is 11.4 Å². The highest BCUT2D eigenvalue weighted by Crippen LogP contribution is 2.30. The number of amides is 2. The van der Waals surface area contributed by atoms with E-state index in [0.717, 1.165) is 5.56 Å². The maximum absolute atomic E-state index is 13.9. The molecule has 1 atom stereocenters. The van der Waals surface area contributed by atoms with Crippen molar-refractivity contribution < 1.29 is 23.1 Å². The van der Waals surface area contributed by atoms with Crippen LogP contribution in [-0.4, -0.2) is 80.5 Å². The Morgan fingerprint density at radius 1 is 0.927 bits per heavy atom. The van der Waals surface area contributed by atoms with Gasteiger partial charge >= 0.3 is 0 Å². The Hall–Kier alpha value is -2.79. The van der Waals surface area contributed by atoms with Gasteiger partial charge in [0.2, 0.25) is 21.8 Å². The average molecular weight is 589 g/mol. The first kappa shape index (κ1) is 34.4. The molecule has 9 nitrogen and oxygen atoms in total. The monoisotopic (exact) mass is 588 g/mol. The standard InChI is InChI=1S/C31H48N4O5S/c1-25(2)17-20-35(41(39,40)27-15-11-8-12-16-27)31(38,21-26-13-9-7-10-14-26)18-19-32-28(36)22-30(3,4)24-33-29(37)23-34(5)6/h7-16,25,38H,17-24H2,1-6H3,(H,32,36)(H,33,37). The molecule has 2 aromatic carbocycles. The normalized spacial score (nSPS) is 13.8. The highest BCUT2D eigenvalue weighted by Gasteiger charge is 2.42. The maximum Gasteiger partial charge on any atom is 0.245 e. The van der Waals surface area contributed by atoms with Crippen LogP contribution in [-0.2, 0) is 26.0 Å². The van der Waals surface area contributed by atoms with Crippen molar-refractivity contribution in [1.82, 2.24) is 19.8 Å². The second-order valence-electron chi connectivity index (χ2n) is 12.2. The molecule has 228 valence electrons. The van der Waals surface area contributed by atoms with Crippen molar-refractivity contribution in [2.75, 3.05) is 40.3 Å². The number of nitrogens with zero attached hydrogens (tertiary/aromatic N) is 2. The summed E-state index contributed by atoms with van der Waals surface area (Å²) in [5.41, 5.74) is -1.49. The Morgan fingerprint density at radius 3 is 2.07 bits per heavy atom. The Kier molecular flexibility index (Phi) is 13.0. The predicted molar refractivity (Wildman–Crippen MR) is 162 cm³/mol. The molecule has 41 heavy (non-hydrogen) atoms. The third-order valence-corrected chi connectivity index (χ3v) is 8.72. The summed E-state index contributed by atoms with van der Waals surface area (Å²) in [6, 6.07) is 17.4. The van der Waals surface area contributed by atoms with Crippen molar-refractivity contribution in [1.29, 1.82) is 0 Å². The number of rotatable bonds is 17. The fraction of sp³-hybridized carbons (Fsp3) is 0.548. The Labute approximate surface area is 246 Å². The van der Waals surface area contributed by atoms with Crippen LogP contribution in [0.3, 0.4) is 0 Å². The molecule has 0 aromatic heterocycles. The van der Waals surface area contributed by atoms with E-state index in [0.29, 0.717) is 13.0 Å². The fourth-order valence-electron chi connectivity index (χ4n) is 4.51. The molecule has 0 spiro atoms. The number of hydrogen-bond acceptors (Lipinski definition) is 6. The molecule has 0 aliphatic heterocycles. The first-order chi connectivity index (χ1) is 19.1. The van der Waals surface area contributed by atoms with Crippen molar-refractivity contribution in [2.45, 2.75) is 64.0 Å². The predicted octanol–water partition coefficient (Wildman–Crippen LogP) is 3.26. The minimum Gasteiger partial charge on any atom is -0.374 e. The first-order valence-electron chi connectivity index (χ1n) is 14.2. The van der Waals surface area contributed by atoms with Crippen LogP contribution in [0.15, 0.2) is 65.6 Å². The molecule has 0 fully saturated rings. The van der Waals surface area contributed by atoms with Crippen molar-refractivity contribution >= 4 is 21.8 Å². The van der Waals surface area contributed by atoms with Gasteiger partial charge < -0.3 is 20.6 Å². The lowest BCUT2D eigenvalue weighted by Crippen LogP contribution is -2.55. The van der Waals surface area contributed by atoms with Gasteiger partial charge in [-0.05, 0) is 49.5 Å². The number of aliphatic hydroxyl groups is 1. The molecular weight excluding hydrogens is 540 g/mol. The van der Waals surface area contributed by atoms with E-state index >= 15 is 0 Å². The number of likely N-dealkylation sites (N-methyl/N-ethyl adjacent to an activating group) is 1. The molecule has 0 heterocycles. The smallest absolute Gasteiger partial charge is 0.245 e. The SMILES string of the molecule is CC(C)CCN(C(O)(CCNC(=O)CC(C)(C)CNC(=O)CN(C)C)Cc1ccccc1)S(=O)(=O)c1ccccc1. The summed E-state index contributed by atoms with van der Waals surface area (Å²) in [4.78, 5) is 26.8. The van der Waals surface area contributed by atoms with Gasteiger partial charge in [-0.3, -0.25) is 9.59 Å². The summed E-state index contributed by atoms with van der Waals surface area (Å²) in [5.74, 6) is -0.140. The molecular formula is C31H48N4O5S.